The van der Waals surface area contributed by atoms with Gasteiger partial charge in [0.25, 0.3) is 0 Å². The van der Waals surface area contributed by atoms with E-state index in [-0.39, 0.29) is 31.0 Å². The number of nitrogens with one attached hydrogen (secondary N) is 1. The number of anilines is 1. The minimum Gasteiger partial charge on any atom is -0.444 e. The molecule has 1 saturated heterocycles. The highest BCUT2D eigenvalue weighted by Crippen LogP contribution is 2.19. The lowest BCUT2D eigenvalue weighted by molar-refractivity contribution is -0.134. The van der Waals surface area contributed by atoms with Gasteiger partial charge in [-0.15, -0.1) is 0 Å². The van der Waals surface area contributed by atoms with Crippen molar-refractivity contribution < 1.29 is 19.1 Å². The number of ether oxygens (including phenoxy) is 1. The molecule has 0 aliphatic carbocycles. The van der Waals surface area contributed by atoms with Crippen LogP contribution in [0.5, 0.6) is 0 Å². The molecule has 2 rings (SSSR count). The molecule has 0 unspecified atom stereocenters. The van der Waals surface area contributed by atoms with E-state index in [9.17, 15) is 14.4 Å². The fourth-order valence-corrected chi connectivity index (χ4v) is 3.22. The molecule has 0 radical (unpaired) electrons. The van der Waals surface area contributed by atoms with E-state index in [1.54, 1.807) is 11.9 Å². The number of para-hydroxylation sites is 1. The molecule has 1 N–H and O–H groups in total. The van der Waals surface area contributed by atoms with E-state index < -0.39 is 5.60 Å². The summed E-state index contributed by atoms with van der Waals surface area (Å²) < 4.78 is 5.39. The van der Waals surface area contributed by atoms with Gasteiger partial charge >= 0.3 is 6.09 Å². The maximum Gasteiger partial charge on any atom is 0.410 e. The summed E-state index contributed by atoms with van der Waals surface area (Å²) in [6.07, 6.45) is -0.325. The number of benzene rings is 1. The lowest BCUT2D eigenvalue weighted by atomic mass is 10.1. The normalized spacial score (nSPS) is 14.9. The minimum absolute atomic E-state index is 0.00944. The molecule has 0 bridgehead atoms. The molecule has 0 atom stereocenters. The van der Waals surface area contributed by atoms with Gasteiger partial charge < -0.3 is 19.9 Å². The molecule has 0 saturated carbocycles. The summed E-state index contributed by atoms with van der Waals surface area (Å²) in [5.74, 6) is -0.352. The Hall–Kier alpha value is -2.61. The van der Waals surface area contributed by atoms with Gasteiger partial charge in [-0.3, -0.25) is 14.5 Å². The van der Waals surface area contributed by atoms with Crippen LogP contribution in [0.15, 0.2) is 18.2 Å². The number of hydrogen-bond donors (Lipinski definition) is 1. The van der Waals surface area contributed by atoms with Gasteiger partial charge in [-0.2, -0.15) is 0 Å². The van der Waals surface area contributed by atoms with Crippen molar-refractivity contribution in [1.82, 2.24) is 14.7 Å². The van der Waals surface area contributed by atoms with E-state index in [1.807, 2.05) is 57.7 Å². The number of likely N-dealkylation sites (N-methyl/N-ethyl adjacent to an activating group) is 1. The molecule has 1 aromatic rings. The molecule has 1 aliphatic rings. The Morgan fingerprint density at radius 3 is 2.17 bits per heavy atom. The van der Waals surface area contributed by atoms with E-state index in [1.165, 1.54) is 4.90 Å². The van der Waals surface area contributed by atoms with Crippen LogP contribution in [-0.4, -0.2) is 84.5 Å². The molecule has 0 aromatic heterocycles. The van der Waals surface area contributed by atoms with Crippen molar-refractivity contribution in [2.75, 3.05) is 51.6 Å². The summed E-state index contributed by atoms with van der Waals surface area (Å²) in [6, 6.07) is 5.82. The number of carbonyl (C=O) groups excluding carboxylic acids is 3. The average molecular weight is 419 g/mol. The Bertz CT molecular complexity index is 760. The van der Waals surface area contributed by atoms with Crippen LogP contribution in [0.4, 0.5) is 10.5 Å². The summed E-state index contributed by atoms with van der Waals surface area (Å²) >= 11 is 0. The molecular weight excluding hydrogens is 384 g/mol. The molecule has 3 amide bonds. The lowest BCUT2D eigenvalue weighted by Crippen LogP contribution is -2.52. The number of piperazine rings is 1. The van der Waals surface area contributed by atoms with Gasteiger partial charge in [-0.1, -0.05) is 18.2 Å². The van der Waals surface area contributed by atoms with Gasteiger partial charge in [0.2, 0.25) is 11.8 Å². The maximum absolute atomic E-state index is 12.5. The van der Waals surface area contributed by atoms with Gasteiger partial charge in [0.1, 0.15) is 5.60 Å². The second-order valence-corrected chi connectivity index (χ2v) is 8.81. The highest BCUT2D eigenvalue weighted by Gasteiger charge is 2.27. The molecule has 0 spiro atoms. The largest absolute Gasteiger partial charge is 0.444 e. The standard InChI is InChI=1S/C22H34N4O4/c1-16-8-7-9-17(2)20(16)23-18(27)14-24(6)19(28)15-25-10-12-26(13-11-25)21(29)30-22(3,4)5/h7-9H,10-15H2,1-6H3,(H,23,27). The molecule has 1 heterocycles. The summed E-state index contributed by atoms with van der Waals surface area (Å²) in [7, 11) is 1.63. The number of rotatable bonds is 5. The van der Waals surface area contributed by atoms with Gasteiger partial charge in [-0.25, -0.2) is 4.79 Å². The van der Waals surface area contributed by atoms with Crippen molar-refractivity contribution in [3.63, 3.8) is 0 Å². The van der Waals surface area contributed by atoms with E-state index in [0.717, 1.165) is 16.8 Å². The zero-order valence-corrected chi connectivity index (χ0v) is 18.9. The van der Waals surface area contributed by atoms with Crippen LogP contribution in [0.1, 0.15) is 31.9 Å². The van der Waals surface area contributed by atoms with E-state index in [4.69, 9.17) is 4.74 Å². The molecule has 1 fully saturated rings. The van der Waals surface area contributed by atoms with E-state index in [0.29, 0.717) is 26.2 Å². The van der Waals surface area contributed by atoms with Crippen LogP contribution in [0.25, 0.3) is 0 Å². The zero-order chi connectivity index (χ0) is 22.5. The van der Waals surface area contributed by atoms with Crippen LogP contribution in [0.2, 0.25) is 0 Å². The summed E-state index contributed by atoms with van der Waals surface area (Å²) in [6.45, 7) is 11.8. The third-order valence-electron chi connectivity index (χ3n) is 4.93. The van der Waals surface area contributed by atoms with Crippen molar-refractivity contribution in [1.29, 1.82) is 0 Å². The number of amides is 3. The summed E-state index contributed by atoms with van der Waals surface area (Å²) in [4.78, 5) is 42.1. The number of aryl methyl sites for hydroxylation is 2. The van der Waals surface area contributed by atoms with Crippen molar-refractivity contribution in [3.05, 3.63) is 29.3 Å². The van der Waals surface area contributed by atoms with Crippen LogP contribution in [0, 0.1) is 13.8 Å². The van der Waals surface area contributed by atoms with Crippen LogP contribution in [0.3, 0.4) is 0 Å². The van der Waals surface area contributed by atoms with E-state index in [2.05, 4.69) is 5.32 Å². The SMILES string of the molecule is Cc1cccc(C)c1NC(=O)CN(C)C(=O)CN1CCN(C(=O)OC(C)(C)C)CC1. The topological polar surface area (TPSA) is 82.2 Å². The molecule has 1 aromatic carbocycles. The predicted octanol–water partition coefficient (Wildman–Crippen LogP) is 2.25. The average Bonchev–Trinajstić information content (AvgIpc) is 2.64. The van der Waals surface area contributed by atoms with Gasteiger partial charge in [-0.05, 0) is 45.7 Å². The first-order chi connectivity index (χ1) is 14.0. The number of carbonyl (C=O) groups is 3. The van der Waals surface area contributed by atoms with Crippen molar-refractivity contribution >= 4 is 23.6 Å². The fraction of sp³-hybridized carbons (Fsp3) is 0.591. The first kappa shape index (κ1) is 23.7. The van der Waals surface area contributed by atoms with Gasteiger partial charge in [0.05, 0.1) is 13.1 Å². The minimum atomic E-state index is -0.524. The van der Waals surface area contributed by atoms with Crippen molar-refractivity contribution in [3.8, 4) is 0 Å². The summed E-state index contributed by atoms with van der Waals surface area (Å²) in [5, 5.41) is 2.90. The Balaban J connectivity index is 1.78. The van der Waals surface area contributed by atoms with Crippen molar-refractivity contribution in [2.45, 2.75) is 40.2 Å². The van der Waals surface area contributed by atoms with Gasteiger partial charge in [0, 0.05) is 38.9 Å². The Labute approximate surface area is 179 Å². The molecule has 8 nitrogen and oxygen atoms in total. The predicted molar refractivity (Wildman–Crippen MR) is 116 cm³/mol. The number of hydrogen-bond acceptors (Lipinski definition) is 5. The molecule has 8 heteroatoms. The highest BCUT2D eigenvalue weighted by atomic mass is 16.6. The Morgan fingerprint density at radius 2 is 1.63 bits per heavy atom. The molecule has 166 valence electrons. The second kappa shape index (κ2) is 9.93. The zero-order valence-electron chi connectivity index (χ0n) is 18.9. The van der Waals surface area contributed by atoms with Crippen LogP contribution < -0.4 is 5.32 Å². The first-order valence-corrected chi connectivity index (χ1v) is 10.3. The number of nitrogens with zero attached hydrogens (tertiary/aromatic N) is 3. The van der Waals surface area contributed by atoms with Gasteiger partial charge in [0.15, 0.2) is 0 Å². The van der Waals surface area contributed by atoms with Crippen LogP contribution >= 0.6 is 0 Å². The third-order valence-corrected chi connectivity index (χ3v) is 4.93. The fourth-order valence-electron chi connectivity index (χ4n) is 3.22. The van der Waals surface area contributed by atoms with Crippen molar-refractivity contribution in [2.24, 2.45) is 0 Å². The molecule has 1 aliphatic heterocycles. The van der Waals surface area contributed by atoms with E-state index >= 15 is 0 Å². The Kier molecular flexibility index (Phi) is 7.83. The highest BCUT2D eigenvalue weighted by molar-refractivity contribution is 5.95. The lowest BCUT2D eigenvalue weighted by Gasteiger charge is -2.35. The second-order valence-electron chi connectivity index (χ2n) is 8.81. The monoisotopic (exact) mass is 418 g/mol. The quantitative estimate of drug-likeness (QED) is 0.793. The first-order valence-electron chi connectivity index (χ1n) is 10.3. The van der Waals surface area contributed by atoms with Crippen LogP contribution in [-0.2, 0) is 14.3 Å². The molecule has 30 heavy (non-hydrogen) atoms. The molecular formula is C22H34N4O4. The summed E-state index contributed by atoms with van der Waals surface area (Å²) in [5.41, 5.74) is 2.24. The maximum atomic E-state index is 12.5. The Morgan fingerprint density at radius 1 is 1.07 bits per heavy atom. The third kappa shape index (κ3) is 7.02. The smallest absolute Gasteiger partial charge is 0.410 e.